The van der Waals surface area contributed by atoms with Gasteiger partial charge in [-0.05, 0) is 30.4 Å². The van der Waals surface area contributed by atoms with Crippen molar-refractivity contribution in [2.45, 2.75) is 19.4 Å². The molecule has 6 nitrogen and oxygen atoms in total. The molecule has 106 valence electrons. The number of urea groups is 1. The molecule has 0 spiro atoms. The summed E-state index contributed by atoms with van der Waals surface area (Å²) >= 11 is 1.74. The van der Waals surface area contributed by atoms with Crippen LogP contribution in [0.3, 0.4) is 0 Å². The number of amides is 4. The maximum absolute atomic E-state index is 11.9. The Balaban J connectivity index is 1.78. The van der Waals surface area contributed by atoms with Crippen LogP contribution < -0.4 is 0 Å². The number of thiophene rings is 1. The van der Waals surface area contributed by atoms with E-state index >= 15 is 0 Å². The number of rotatable bonds is 2. The highest BCUT2D eigenvalue weighted by atomic mass is 32.1. The van der Waals surface area contributed by atoms with Crippen molar-refractivity contribution in [3.05, 3.63) is 21.9 Å². The van der Waals surface area contributed by atoms with Crippen LogP contribution in [-0.4, -0.2) is 52.8 Å². The SMILES string of the molecule is C[C@@H]1c2ccsc2CCN1CN1C(=O)C(=O)N(C)C1=O. The van der Waals surface area contributed by atoms with Crippen molar-refractivity contribution in [1.82, 2.24) is 14.7 Å². The Morgan fingerprint density at radius 2 is 2.05 bits per heavy atom. The van der Waals surface area contributed by atoms with Crippen LogP contribution in [0.4, 0.5) is 4.79 Å². The van der Waals surface area contributed by atoms with Gasteiger partial charge in [0.25, 0.3) is 0 Å². The van der Waals surface area contributed by atoms with Gasteiger partial charge in [-0.1, -0.05) is 0 Å². The smallest absolute Gasteiger partial charge is 0.278 e. The molecule has 20 heavy (non-hydrogen) atoms. The maximum atomic E-state index is 11.9. The number of fused-ring (bicyclic) bond motifs is 1. The fourth-order valence-electron chi connectivity index (χ4n) is 2.67. The first-order valence-electron chi connectivity index (χ1n) is 6.44. The number of hydrogen-bond acceptors (Lipinski definition) is 5. The zero-order valence-corrected chi connectivity index (χ0v) is 12.1. The minimum atomic E-state index is -0.754. The van der Waals surface area contributed by atoms with Gasteiger partial charge in [0.1, 0.15) is 0 Å². The lowest BCUT2D eigenvalue weighted by Crippen LogP contribution is -2.45. The molecular formula is C13H15N3O3S. The first kappa shape index (κ1) is 13.3. The minimum absolute atomic E-state index is 0.145. The Morgan fingerprint density at radius 1 is 1.30 bits per heavy atom. The molecule has 1 saturated heterocycles. The van der Waals surface area contributed by atoms with E-state index in [1.54, 1.807) is 11.3 Å². The van der Waals surface area contributed by atoms with Gasteiger partial charge in [-0.25, -0.2) is 9.69 Å². The molecule has 4 amide bonds. The molecule has 0 unspecified atom stereocenters. The third-order valence-corrected chi connectivity index (χ3v) is 4.97. The second-order valence-corrected chi connectivity index (χ2v) is 6.06. The molecule has 1 aromatic heterocycles. The third-order valence-electron chi connectivity index (χ3n) is 3.98. The second kappa shape index (κ2) is 4.68. The summed E-state index contributed by atoms with van der Waals surface area (Å²) in [6.07, 6.45) is 0.914. The van der Waals surface area contributed by atoms with Crippen molar-refractivity contribution in [2.75, 3.05) is 20.3 Å². The third kappa shape index (κ3) is 1.85. The fraction of sp³-hybridized carbons (Fsp3) is 0.462. The number of hydrogen-bond donors (Lipinski definition) is 0. The maximum Gasteiger partial charge on any atom is 0.335 e. The minimum Gasteiger partial charge on any atom is -0.278 e. The van der Waals surface area contributed by atoms with Crippen molar-refractivity contribution in [2.24, 2.45) is 0 Å². The van der Waals surface area contributed by atoms with Gasteiger partial charge in [-0.15, -0.1) is 11.3 Å². The average molecular weight is 293 g/mol. The number of imide groups is 2. The molecule has 2 aliphatic rings. The average Bonchev–Trinajstić information content (AvgIpc) is 2.98. The van der Waals surface area contributed by atoms with Gasteiger partial charge in [0.2, 0.25) is 0 Å². The molecule has 0 saturated carbocycles. The predicted molar refractivity (Wildman–Crippen MR) is 73.0 cm³/mol. The normalized spacial score (nSPS) is 23.7. The Labute approximate surface area is 120 Å². The Bertz CT molecular complexity index is 597. The summed E-state index contributed by atoms with van der Waals surface area (Å²) in [5.74, 6) is -1.49. The number of carbonyl (C=O) groups excluding carboxylic acids is 3. The highest BCUT2D eigenvalue weighted by Crippen LogP contribution is 2.33. The molecule has 1 fully saturated rings. The highest BCUT2D eigenvalue weighted by Gasteiger charge is 2.43. The molecule has 0 aliphatic carbocycles. The molecule has 3 heterocycles. The summed E-state index contributed by atoms with van der Waals surface area (Å²) in [6.45, 7) is 3.01. The lowest BCUT2D eigenvalue weighted by atomic mass is 10.0. The van der Waals surface area contributed by atoms with Crippen molar-refractivity contribution < 1.29 is 14.4 Å². The first-order chi connectivity index (χ1) is 9.50. The molecule has 3 rings (SSSR count). The summed E-state index contributed by atoms with van der Waals surface area (Å²) in [5, 5.41) is 2.06. The lowest BCUT2D eigenvalue weighted by Gasteiger charge is -2.35. The molecular weight excluding hydrogens is 278 g/mol. The molecule has 0 radical (unpaired) electrons. The Hall–Kier alpha value is -1.73. The van der Waals surface area contributed by atoms with Crippen molar-refractivity contribution in [3.63, 3.8) is 0 Å². The van der Waals surface area contributed by atoms with Crippen LogP contribution in [0.5, 0.6) is 0 Å². The number of nitrogens with zero attached hydrogens (tertiary/aromatic N) is 3. The van der Waals surface area contributed by atoms with Gasteiger partial charge >= 0.3 is 17.8 Å². The van der Waals surface area contributed by atoms with Crippen LogP contribution in [0, 0.1) is 0 Å². The summed E-state index contributed by atoms with van der Waals surface area (Å²) in [4.78, 5) is 40.5. The largest absolute Gasteiger partial charge is 0.335 e. The monoisotopic (exact) mass is 293 g/mol. The predicted octanol–water partition coefficient (Wildman–Crippen LogP) is 1.05. The van der Waals surface area contributed by atoms with Gasteiger partial charge in [-0.3, -0.25) is 19.4 Å². The van der Waals surface area contributed by atoms with Crippen LogP contribution in [0.2, 0.25) is 0 Å². The first-order valence-corrected chi connectivity index (χ1v) is 7.32. The van der Waals surface area contributed by atoms with Crippen molar-refractivity contribution in [3.8, 4) is 0 Å². The summed E-state index contributed by atoms with van der Waals surface area (Å²) in [5.41, 5.74) is 1.25. The summed E-state index contributed by atoms with van der Waals surface area (Å²) in [7, 11) is 1.33. The van der Waals surface area contributed by atoms with Crippen molar-refractivity contribution >= 4 is 29.2 Å². The van der Waals surface area contributed by atoms with Gasteiger partial charge in [0.15, 0.2) is 0 Å². The molecule has 7 heteroatoms. The Kier molecular flexibility index (Phi) is 3.10. The van der Waals surface area contributed by atoms with Crippen LogP contribution in [0.1, 0.15) is 23.4 Å². The van der Waals surface area contributed by atoms with E-state index < -0.39 is 17.8 Å². The van der Waals surface area contributed by atoms with E-state index in [1.807, 2.05) is 0 Å². The van der Waals surface area contributed by atoms with Gasteiger partial charge < -0.3 is 0 Å². The molecule has 0 aromatic carbocycles. The topological polar surface area (TPSA) is 60.9 Å². The molecule has 0 bridgehead atoms. The van der Waals surface area contributed by atoms with E-state index in [0.717, 1.165) is 22.8 Å². The zero-order chi connectivity index (χ0) is 14.4. The summed E-state index contributed by atoms with van der Waals surface area (Å²) in [6, 6.07) is 1.69. The molecule has 2 aliphatic heterocycles. The number of likely N-dealkylation sites (N-methyl/N-ethyl adjacent to an activating group) is 1. The van der Waals surface area contributed by atoms with Gasteiger partial charge in [-0.2, -0.15) is 0 Å². The van der Waals surface area contributed by atoms with Gasteiger partial charge in [0.05, 0.1) is 6.67 Å². The van der Waals surface area contributed by atoms with E-state index in [0.29, 0.717) is 0 Å². The number of carbonyl (C=O) groups is 3. The van der Waals surface area contributed by atoms with Crippen LogP contribution in [0.25, 0.3) is 0 Å². The van der Waals surface area contributed by atoms with E-state index in [-0.39, 0.29) is 12.7 Å². The van der Waals surface area contributed by atoms with Gasteiger partial charge in [0, 0.05) is 24.5 Å². The van der Waals surface area contributed by atoms with E-state index in [1.165, 1.54) is 17.5 Å². The van der Waals surface area contributed by atoms with Crippen LogP contribution >= 0.6 is 11.3 Å². The van der Waals surface area contributed by atoms with Crippen LogP contribution in [0.15, 0.2) is 11.4 Å². The quantitative estimate of drug-likeness (QED) is 0.604. The molecule has 1 aromatic rings. The highest BCUT2D eigenvalue weighted by molar-refractivity contribution is 7.10. The summed E-state index contributed by atoms with van der Waals surface area (Å²) < 4.78 is 0. The lowest BCUT2D eigenvalue weighted by molar-refractivity contribution is -0.143. The van der Waals surface area contributed by atoms with E-state index in [9.17, 15) is 14.4 Å². The molecule has 1 atom stereocenters. The fourth-order valence-corrected chi connectivity index (χ4v) is 3.64. The van der Waals surface area contributed by atoms with Crippen molar-refractivity contribution in [1.29, 1.82) is 0 Å². The standard InChI is InChI=1S/C13H15N3O3S/c1-8-9-4-6-20-10(9)3-5-15(8)7-16-12(18)11(17)14(2)13(16)19/h4,6,8H,3,5,7H2,1-2H3/t8-/m1/s1. The van der Waals surface area contributed by atoms with E-state index in [4.69, 9.17) is 0 Å². The van der Waals surface area contributed by atoms with E-state index in [2.05, 4.69) is 23.3 Å². The Morgan fingerprint density at radius 3 is 2.70 bits per heavy atom. The second-order valence-electron chi connectivity index (χ2n) is 5.06. The van der Waals surface area contributed by atoms with Crippen LogP contribution in [-0.2, 0) is 16.0 Å². The zero-order valence-electron chi connectivity index (χ0n) is 11.3. The molecule has 0 N–H and O–H groups in total.